The maximum Gasteiger partial charge on any atom is 0.163 e. The van der Waals surface area contributed by atoms with Gasteiger partial charge < -0.3 is 15.2 Å². The van der Waals surface area contributed by atoms with Gasteiger partial charge >= 0.3 is 0 Å². The van der Waals surface area contributed by atoms with Crippen LogP contribution in [-0.4, -0.2) is 13.2 Å². The van der Waals surface area contributed by atoms with Gasteiger partial charge in [0.1, 0.15) is 0 Å². The van der Waals surface area contributed by atoms with Crippen molar-refractivity contribution in [1.29, 1.82) is 0 Å². The molecule has 1 aromatic carbocycles. The monoisotopic (exact) mass is 517 g/mol. The van der Waals surface area contributed by atoms with Crippen LogP contribution in [0.1, 0.15) is 168 Å². The van der Waals surface area contributed by atoms with Crippen molar-refractivity contribution >= 4 is 5.69 Å². The number of unbranched alkanes of at least 4 members (excludes halogenated alkanes) is 22. The Morgan fingerprint density at radius 1 is 0.432 bits per heavy atom. The van der Waals surface area contributed by atoms with Gasteiger partial charge in [-0.3, -0.25) is 0 Å². The Morgan fingerprint density at radius 3 is 1.14 bits per heavy atom. The highest BCUT2D eigenvalue weighted by atomic mass is 16.5. The second-order valence-electron chi connectivity index (χ2n) is 11.2. The van der Waals surface area contributed by atoms with E-state index in [1.54, 1.807) is 0 Å². The van der Waals surface area contributed by atoms with Crippen LogP contribution >= 0.6 is 0 Å². The molecule has 3 heteroatoms. The Hall–Kier alpha value is -1.38. The van der Waals surface area contributed by atoms with Gasteiger partial charge in [-0.15, -0.1) is 0 Å². The summed E-state index contributed by atoms with van der Waals surface area (Å²) < 4.78 is 12.1. The first-order chi connectivity index (χ1) is 18.3. The van der Waals surface area contributed by atoms with E-state index >= 15 is 0 Å². The van der Waals surface area contributed by atoms with Crippen LogP contribution in [0.25, 0.3) is 0 Å². The van der Waals surface area contributed by atoms with Crippen LogP contribution in [-0.2, 0) is 0 Å². The van der Waals surface area contributed by atoms with Gasteiger partial charge in [0.2, 0.25) is 0 Å². The summed E-state index contributed by atoms with van der Waals surface area (Å²) in [6.45, 7) is 6.08. The van der Waals surface area contributed by atoms with Crippen LogP contribution in [0, 0.1) is 0 Å². The highest BCUT2D eigenvalue weighted by molar-refractivity contribution is 5.51. The fourth-order valence-electron chi connectivity index (χ4n) is 5.01. The third kappa shape index (κ3) is 21.3. The molecule has 2 N–H and O–H groups in total. The Bertz CT molecular complexity index is 603. The molecule has 1 rings (SSSR count). The molecule has 0 heterocycles. The Balaban J connectivity index is 2.01. The van der Waals surface area contributed by atoms with Crippen molar-refractivity contribution in [2.75, 3.05) is 18.9 Å². The van der Waals surface area contributed by atoms with E-state index in [0.29, 0.717) is 0 Å². The van der Waals surface area contributed by atoms with Crippen molar-refractivity contribution in [2.24, 2.45) is 0 Å². The molecule has 0 saturated heterocycles. The zero-order valence-corrected chi connectivity index (χ0v) is 25.0. The number of hydrogen-bond acceptors (Lipinski definition) is 3. The molecule has 0 aliphatic rings. The van der Waals surface area contributed by atoms with E-state index in [2.05, 4.69) is 13.8 Å². The third-order valence-corrected chi connectivity index (χ3v) is 7.48. The Kier molecular flexibility index (Phi) is 23.9. The molecule has 3 nitrogen and oxygen atoms in total. The molecular weight excluding hydrogens is 454 g/mol. The quantitative estimate of drug-likeness (QED) is 0.0887. The molecule has 0 aromatic heterocycles. The summed E-state index contributed by atoms with van der Waals surface area (Å²) in [6.07, 6.45) is 32.6. The van der Waals surface area contributed by atoms with E-state index in [1.165, 1.54) is 141 Å². The molecule has 0 atom stereocenters. The lowest BCUT2D eigenvalue weighted by Gasteiger charge is -2.13. The van der Waals surface area contributed by atoms with Crippen molar-refractivity contribution in [3.05, 3.63) is 18.2 Å². The average Bonchev–Trinajstić information content (AvgIpc) is 2.90. The Labute approximate surface area is 231 Å². The van der Waals surface area contributed by atoms with E-state index in [4.69, 9.17) is 15.2 Å². The number of hydrogen-bond donors (Lipinski definition) is 1. The molecule has 37 heavy (non-hydrogen) atoms. The molecule has 1 aromatic rings. The number of nitrogens with two attached hydrogens (primary N) is 1. The predicted molar refractivity (Wildman–Crippen MR) is 164 cm³/mol. The first-order valence-corrected chi connectivity index (χ1v) is 16.4. The lowest BCUT2D eigenvalue weighted by atomic mass is 10.1. The summed E-state index contributed by atoms with van der Waals surface area (Å²) >= 11 is 0. The molecule has 0 aliphatic heterocycles. The van der Waals surface area contributed by atoms with Crippen molar-refractivity contribution in [2.45, 2.75) is 168 Å². The van der Waals surface area contributed by atoms with Gasteiger partial charge in [0, 0.05) is 11.8 Å². The van der Waals surface area contributed by atoms with Gasteiger partial charge in [0.25, 0.3) is 0 Å². The lowest BCUT2D eigenvalue weighted by Crippen LogP contribution is -2.03. The van der Waals surface area contributed by atoms with Crippen molar-refractivity contribution in [1.82, 2.24) is 0 Å². The van der Waals surface area contributed by atoms with Crippen LogP contribution in [0.2, 0.25) is 0 Å². The largest absolute Gasteiger partial charge is 0.490 e. The fraction of sp³-hybridized carbons (Fsp3) is 0.824. The van der Waals surface area contributed by atoms with Crippen LogP contribution in [0.4, 0.5) is 5.69 Å². The molecule has 0 aliphatic carbocycles. The van der Waals surface area contributed by atoms with Gasteiger partial charge in [0.15, 0.2) is 11.5 Å². The predicted octanol–water partition coefficient (Wildman–Crippen LogP) is 11.4. The smallest absolute Gasteiger partial charge is 0.163 e. The Morgan fingerprint density at radius 2 is 0.757 bits per heavy atom. The molecule has 0 saturated carbocycles. The number of ether oxygens (including phenoxy) is 2. The van der Waals surface area contributed by atoms with E-state index in [9.17, 15) is 0 Å². The van der Waals surface area contributed by atoms with Gasteiger partial charge in [-0.2, -0.15) is 0 Å². The second-order valence-corrected chi connectivity index (χ2v) is 11.2. The normalized spacial score (nSPS) is 11.2. The highest BCUT2D eigenvalue weighted by Crippen LogP contribution is 2.30. The summed E-state index contributed by atoms with van der Waals surface area (Å²) in [6, 6.07) is 5.79. The van der Waals surface area contributed by atoms with Crippen molar-refractivity contribution < 1.29 is 9.47 Å². The molecule has 216 valence electrons. The first-order valence-electron chi connectivity index (χ1n) is 16.4. The second kappa shape index (κ2) is 26.2. The van der Waals surface area contributed by atoms with Crippen LogP contribution in [0.5, 0.6) is 11.5 Å². The van der Waals surface area contributed by atoms with Crippen LogP contribution in [0.15, 0.2) is 18.2 Å². The first kappa shape index (κ1) is 33.6. The summed E-state index contributed by atoms with van der Waals surface area (Å²) in [5, 5.41) is 0. The summed E-state index contributed by atoms with van der Waals surface area (Å²) in [5.41, 5.74) is 6.75. The SMILES string of the molecule is CCCCCCCCCCCCCCOc1ccc(N)cc1OCCCCCCCCCCCCCC. The zero-order valence-electron chi connectivity index (χ0n) is 25.0. The number of anilines is 1. The van der Waals surface area contributed by atoms with E-state index in [1.807, 2.05) is 18.2 Å². The maximum absolute atomic E-state index is 6.07. The summed E-state index contributed by atoms with van der Waals surface area (Å²) in [4.78, 5) is 0. The highest BCUT2D eigenvalue weighted by Gasteiger charge is 2.06. The molecular formula is C34H63NO2. The molecule has 0 fully saturated rings. The lowest BCUT2D eigenvalue weighted by molar-refractivity contribution is 0.258. The van der Waals surface area contributed by atoms with Crippen molar-refractivity contribution in [3.63, 3.8) is 0 Å². The molecule has 0 amide bonds. The fourth-order valence-corrected chi connectivity index (χ4v) is 5.01. The van der Waals surface area contributed by atoms with Crippen molar-refractivity contribution in [3.8, 4) is 11.5 Å². The number of rotatable bonds is 28. The zero-order chi connectivity index (χ0) is 26.7. The topological polar surface area (TPSA) is 44.5 Å². The maximum atomic E-state index is 6.07. The minimum atomic E-state index is 0.738. The molecule has 0 spiro atoms. The standard InChI is InChI=1S/C34H63NO2/c1-3-5-7-9-11-13-15-17-19-21-23-25-29-36-33-28-27-32(35)31-34(33)37-30-26-24-22-20-18-16-14-12-10-8-6-4-2/h27-28,31H,3-26,29-30,35H2,1-2H3. The van der Waals surface area contributed by atoms with Gasteiger partial charge in [-0.25, -0.2) is 0 Å². The van der Waals surface area contributed by atoms with Gasteiger partial charge in [-0.1, -0.05) is 155 Å². The van der Waals surface area contributed by atoms with E-state index in [-0.39, 0.29) is 0 Å². The summed E-state index contributed by atoms with van der Waals surface area (Å²) in [5.74, 6) is 1.65. The number of nitrogen functional groups attached to an aromatic ring is 1. The van der Waals surface area contributed by atoms with Gasteiger partial charge in [-0.05, 0) is 25.0 Å². The summed E-state index contributed by atoms with van der Waals surface area (Å²) in [7, 11) is 0. The minimum absolute atomic E-state index is 0.738. The molecule has 0 radical (unpaired) electrons. The molecule has 0 unspecified atom stereocenters. The van der Waals surface area contributed by atoms with Crippen LogP contribution in [0.3, 0.4) is 0 Å². The van der Waals surface area contributed by atoms with Gasteiger partial charge in [0.05, 0.1) is 13.2 Å². The average molecular weight is 518 g/mol. The number of benzene rings is 1. The van der Waals surface area contributed by atoms with E-state index in [0.717, 1.165) is 43.2 Å². The molecule has 0 bridgehead atoms. The minimum Gasteiger partial charge on any atom is -0.490 e. The third-order valence-electron chi connectivity index (χ3n) is 7.48. The van der Waals surface area contributed by atoms with E-state index < -0.39 is 0 Å². The van der Waals surface area contributed by atoms with Crippen LogP contribution < -0.4 is 15.2 Å².